The van der Waals surface area contributed by atoms with Gasteiger partial charge in [0.15, 0.2) is 18.9 Å². The lowest BCUT2D eigenvalue weighted by Crippen LogP contribution is -2.66. The highest BCUT2D eigenvalue weighted by atomic mass is 16.8. The van der Waals surface area contributed by atoms with Crippen molar-refractivity contribution in [3.05, 3.63) is 72.9 Å². The van der Waals surface area contributed by atoms with Crippen molar-refractivity contribution in [2.75, 3.05) is 26.4 Å². The van der Waals surface area contributed by atoms with Crippen molar-refractivity contribution in [3.8, 4) is 0 Å². The molecule has 12 N–H and O–H groups in total. The third kappa shape index (κ3) is 32.7. The minimum atomic E-state index is -1.98. The van der Waals surface area contributed by atoms with Gasteiger partial charge in [-0.1, -0.05) is 228 Å². The molecule has 19 heteroatoms. The van der Waals surface area contributed by atoms with E-state index in [1.807, 2.05) is 0 Å². The second-order valence-electron chi connectivity index (χ2n) is 24.3. The Morgan fingerprint density at radius 3 is 1.23 bits per heavy atom. The predicted molar refractivity (Wildman–Crippen MR) is 341 cm³/mol. The summed E-state index contributed by atoms with van der Waals surface area (Å²) in [6.07, 6.45) is 35.4. The first kappa shape index (κ1) is 79.5. The number of carbonyl (C=O) groups is 1. The lowest BCUT2D eigenvalue weighted by molar-refractivity contribution is -0.379. The Kier molecular flexibility index (Phi) is 45.8. The van der Waals surface area contributed by atoms with Gasteiger partial charge in [0.2, 0.25) is 5.91 Å². The van der Waals surface area contributed by atoms with Crippen LogP contribution in [-0.2, 0) is 33.2 Å². The van der Waals surface area contributed by atoms with Crippen LogP contribution < -0.4 is 5.32 Å². The molecule has 0 spiro atoms. The smallest absolute Gasteiger partial charge is 0.220 e. The maximum Gasteiger partial charge on any atom is 0.220 e. The summed E-state index contributed by atoms with van der Waals surface area (Å²) in [6, 6.07) is -0.906. The van der Waals surface area contributed by atoms with Gasteiger partial charge in [0.1, 0.15) is 73.2 Å². The molecule has 88 heavy (non-hydrogen) atoms. The molecular formula is C69H121NO18. The van der Waals surface area contributed by atoms with Gasteiger partial charge in [-0.2, -0.15) is 0 Å². The minimum Gasteiger partial charge on any atom is -0.394 e. The summed E-state index contributed by atoms with van der Waals surface area (Å²) in [6.45, 7) is 1.67. The van der Waals surface area contributed by atoms with Gasteiger partial charge in [0, 0.05) is 6.42 Å². The highest BCUT2D eigenvalue weighted by Crippen LogP contribution is 2.33. The van der Waals surface area contributed by atoms with Crippen LogP contribution in [0.2, 0.25) is 0 Å². The standard InChI is InChI=1S/C69H121NO18/c1-3-5-7-9-11-13-15-17-19-21-23-25-26-27-29-31-33-35-37-39-41-43-45-47-57(75)70-52(53(74)46-44-42-40-38-36-34-32-30-28-24-22-20-18-16-14-12-10-8-6-4-2)51-83-67-63(81)60(78)65(55(49-72)85-67)88-69-64(82)61(79)66(56(50-73)86-69)87-68-62(80)59(77)58(76)54(48-71)84-68/h5,7,11,13,17,19,23,25,27,29,33,35,52-56,58-69,71-74,76-82H,3-4,6,8-10,12,14-16,18,20-22,24,26,28,30-32,34,36-51H2,1-2H3,(H,70,75)/b7-5-,13-11-,19-17-,25-23-,29-27-,35-33-. The molecule has 0 bridgehead atoms. The molecule has 17 atom stereocenters. The third-order valence-electron chi connectivity index (χ3n) is 16.8. The van der Waals surface area contributed by atoms with Gasteiger partial charge in [0.25, 0.3) is 0 Å². The first-order valence-corrected chi connectivity index (χ1v) is 34.2. The highest BCUT2D eigenvalue weighted by molar-refractivity contribution is 5.76. The van der Waals surface area contributed by atoms with Crippen LogP contribution in [0.3, 0.4) is 0 Å². The van der Waals surface area contributed by atoms with Crippen molar-refractivity contribution in [3.63, 3.8) is 0 Å². The van der Waals surface area contributed by atoms with E-state index in [2.05, 4.69) is 92.1 Å². The molecule has 3 fully saturated rings. The molecule has 0 aliphatic carbocycles. The normalized spacial score (nSPS) is 28.9. The number of aliphatic hydroxyl groups is 11. The highest BCUT2D eigenvalue weighted by Gasteiger charge is 2.53. The van der Waals surface area contributed by atoms with Crippen LogP contribution in [0.1, 0.15) is 226 Å². The molecule has 0 radical (unpaired) electrons. The minimum absolute atomic E-state index is 0.233. The summed E-state index contributed by atoms with van der Waals surface area (Å²) in [5, 5.41) is 121. The van der Waals surface area contributed by atoms with Gasteiger partial charge < -0.3 is 89.9 Å². The number of hydrogen-bond acceptors (Lipinski definition) is 18. The Morgan fingerprint density at radius 1 is 0.420 bits per heavy atom. The number of ether oxygens (including phenoxy) is 6. The maximum atomic E-state index is 13.4. The zero-order chi connectivity index (χ0) is 64.0. The van der Waals surface area contributed by atoms with E-state index in [1.165, 1.54) is 103 Å². The summed E-state index contributed by atoms with van der Waals surface area (Å²) in [5.41, 5.74) is 0. The third-order valence-corrected chi connectivity index (χ3v) is 16.8. The van der Waals surface area contributed by atoms with E-state index in [0.717, 1.165) is 89.9 Å². The van der Waals surface area contributed by atoms with Crippen LogP contribution >= 0.6 is 0 Å². The van der Waals surface area contributed by atoms with Gasteiger partial charge in [-0.25, -0.2) is 0 Å². The number of unbranched alkanes of at least 4 members (excludes halogenated alkanes) is 23. The number of nitrogens with one attached hydrogen (secondary N) is 1. The topological polar surface area (TPSA) is 307 Å². The number of rotatable bonds is 51. The molecule has 0 aromatic rings. The van der Waals surface area contributed by atoms with E-state index >= 15 is 0 Å². The molecule has 3 rings (SSSR count). The number of carbonyl (C=O) groups excluding carboxylic acids is 1. The maximum absolute atomic E-state index is 13.4. The van der Waals surface area contributed by atoms with Gasteiger partial charge in [0.05, 0.1) is 38.6 Å². The van der Waals surface area contributed by atoms with Crippen LogP contribution in [0, 0.1) is 0 Å². The lowest BCUT2D eigenvalue weighted by Gasteiger charge is -2.48. The Bertz CT molecular complexity index is 1880. The summed E-state index contributed by atoms with van der Waals surface area (Å²) in [5.74, 6) is -0.268. The molecule has 0 aromatic carbocycles. The number of hydrogen-bond donors (Lipinski definition) is 12. The summed E-state index contributed by atoms with van der Waals surface area (Å²) in [4.78, 5) is 13.4. The molecule has 3 saturated heterocycles. The van der Waals surface area contributed by atoms with Gasteiger partial charge in [-0.05, 0) is 64.2 Å². The molecular weight excluding hydrogens is 1130 g/mol. The molecule has 19 nitrogen and oxygen atoms in total. The van der Waals surface area contributed by atoms with E-state index < -0.39 is 124 Å². The van der Waals surface area contributed by atoms with E-state index in [-0.39, 0.29) is 18.9 Å². The Hall–Kier alpha value is -2.77. The number of allylic oxidation sites excluding steroid dienone is 12. The second kappa shape index (κ2) is 50.7. The van der Waals surface area contributed by atoms with E-state index in [0.29, 0.717) is 12.8 Å². The Labute approximate surface area is 528 Å². The van der Waals surface area contributed by atoms with Crippen LogP contribution in [0.5, 0.6) is 0 Å². The second-order valence-corrected chi connectivity index (χ2v) is 24.3. The van der Waals surface area contributed by atoms with E-state index in [1.54, 1.807) is 0 Å². The Balaban J connectivity index is 1.46. The SMILES string of the molecule is CC/C=C\C/C=C\C/C=C\C/C=C\C/C=C\C/C=C\CCCCCCC(=O)NC(COC1OC(CO)C(OC2OC(CO)C(OC3OC(CO)C(O)C(O)C3O)C(O)C2O)C(O)C1O)C(O)CCCCCCCCCCCCCCCCCCCCCC. The summed E-state index contributed by atoms with van der Waals surface area (Å²) in [7, 11) is 0. The van der Waals surface area contributed by atoms with Crippen LogP contribution in [-0.4, -0.2) is 193 Å². The molecule has 17 unspecified atom stereocenters. The van der Waals surface area contributed by atoms with Crippen molar-refractivity contribution in [1.29, 1.82) is 0 Å². The zero-order valence-corrected chi connectivity index (χ0v) is 53.7. The molecule has 3 aliphatic rings. The molecule has 3 aliphatic heterocycles. The van der Waals surface area contributed by atoms with Crippen molar-refractivity contribution in [2.24, 2.45) is 0 Å². The Morgan fingerprint density at radius 2 is 0.784 bits per heavy atom. The predicted octanol–water partition coefficient (Wildman–Crippen LogP) is 8.55. The molecule has 0 aromatic heterocycles. The van der Waals surface area contributed by atoms with Crippen LogP contribution in [0.25, 0.3) is 0 Å². The first-order chi connectivity index (χ1) is 42.8. The quantitative estimate of drug-likeness (QED) is 0.0200. The fourth-order valence-electron chi connectivity index (χ4n) is 11.3. The average Bonchev–Trinajstić information content (AvgIpc) is 3.71. The molecule has 3 heterocycles. The average molecular weight is 1250 g/mol. The van der Waals surface area contributed by atoms with Gasteiger partial charge >= 0.3 is 0 Å². The fourth-order valence-corrected chi connectivity index (χ4v) is 11.3. The monoisotopic (exact) mass is 1250 g/mol. The van der Waals surface area contributed by atoms with Gasteiger partial charge in [-0.3, -0.25) is 4.79 Å². The largest absolute Gasteiger partial charge is 0.394 e. The number of amides is 1. The lowest BCUT2D eigenvalue weighted by atomic mass is 9.96. The first-order valence-electron chi connectivity index (χ1n) is 34.2. The van der Waals surface area contributed by atoms with Crippen LogP contribution in [0.4, 0.5) is 0 Å². The zero-order valence-electron chi connectivity index (χ0n) is 53.7. The number of aliphatic hydroxyl groups excluding tert-OH is 11. The summed E-state index contributed by atoms with van der Waals surface area (Å²) < 4.78 is 34.4. The van der Waals surface area contributed by atoms with Gasteiger partial charge in [-0.15, -0.1) is 0 Å². The van der Waals surface area contributed by atoms with E-state index in [9.17, 15) is 61.0 Å². The van der Waals surface area contributed by atoms with Crippen molar-refractivity contribution < 1.29 is 89.4 Å². The molecule has 510 valence electrons. The van der Waals surface area contributed by atoms with Crippen molar-refractivity contribution in [1.82, 2.24) is 5.32 Å². The molecule has 0 saturated carbocycles. The van der Waals surface area contributed by atoms with Crippen molar-refractivity contribution >= 4 is 5.91 Å². The van der Waals surface area contributed by atoms with Crippen molar-refractivity contribution in [2.45, 2.75) is 330 Å². The summed E-state index contributed by atoms with van der Waals surface area (Å²) >= 11 is 0. The van der Waals surface area contributed by atoms with Crippen LogP contribution in [0.15, 0.2) is 72.9 Å². The molecule has 1 amide bonds. The van der Waals surface area contributed by atoms with E-state index in [4.69, 9.17) is 28.4 Å². The fraction of sp³-hybridized carbons (Fsp3) is 0.812.